The van der Waals surface area contributed by atoms with Crippen molar-refractivity contribution in [3.8, 4) is 0 Å². The number of esters is 1. The van der Waals surface area contributed by atoms with E-state index >= 15 is 0 Å². The van der Waals surface area contributed by atoms with Crippen LogP contribution in [-0.2, 0) is 28.6 Å². The minimum absolute atomic E-state index is 0. The number of ether oxygens (including phenoxy) is 2. The van der Waals surface area contributed by atoms with Crippen LogP contribution >= 0.6 is 0 Å². The molecule has 1 fully saturated rings. The molecule has 1 atom stereocenters. The molecule has 0 saturated carbocycles. The number of alkyl halides is 3. The average Bonchev–Trinajstić information content (AvgIpc) is 2.81. The van der Waals surface area contributed by atoms with Gasteiger partial charge in [-0.05, 0) is 0 Å². The van der Waals surface area contributed by atoms with Gasteiger partial charge in [-0.15, -0.1) is 0 Å². The first-order chi connectivity index (χ1) is 6.65. The molecule has 1 rings (SSSR count). The molecule has 0 bridgehead atoms. The fraction of sp³-hybridized carbons (Fsp3) is 0.800. The van der Waals surface area contributed by atoms with Gasteiger partial charge in [-0.2, -0.15) is 21.6 Å². The second kappa shape index (κ2) is 4.64. The van der Waals surface area contributed by atoms with Crippen LogP contribution < -0.4 is 0 Å². The van der Waals surface area contributed by atoms with Crippen molar-refractivity contribution in [2.45, 2.75) is 11.3 Å². The van der Waals surface area contributed by atoms with Crippen molar-refractivity contribution >= 4 is 39.1 Å². The summed E-state index contributed by atoms with van der Waals surface area (Å²) in [6, 6.07) is 0. The normalized spacial score (nSPS) is 24.5. The third-order valence-corrected chi connectivity index (χ3v) is 2.49. The van der Waals surface area contributed by atoms with Gasteiger partial charge in [0.05, 0.1) is 7.11 Å². The Morgan fingerprint density at radius 2 is 1.94 bits per heavy atom. The molecule has 6 nitrogen and oxygen atoms in total. The maximum atomic E-state index is 11.8. The number of halogens is 3. The first kappa shape index (κ1) is 15.9. The van der Waals surface area contributed by atoms with E-state index in [-0.39, 0.29) is 25.9 Å². The van der Waals surface area contributed by atoms with E-state index in [0.29, 0.717) is 0 Å². The molecule has 16 heavy (non-hydrogen) atoms. The number of epoxide rings is 1. The van der Waals surface area contributed by atoms with E-state index in [1.807, 2.05) is 0 Å². The molecule has 0 spiro atoms. The molecular formula is C5H7F3MgO6S. The molecule has 0 N–H and O–H groups in total. The van der Waals surface area contributed by atoms with Gasteiger partial charge in [0.25, 0.3) is 0 Å². The summed E-state index contributed by atoms with van der Waals surface area (Å²) in [7, 11) is -5.02. The molecule has 1 heterocycles. The summed E-state index contributed by atoms with van der Waals surface area (Å²) in [5.74, 6) is -3.81. The number of carbonyl (C=O) groups excluding carboxylic acids is 1. The van der Waals surface area contributed by atoms with Gasteiger partial charge in [-0.25, -0.2) is 8.98 Å². The van der Waals surface area contributed by atoms with Crippen LogP contribution in [0.4, 0.5) is 13.2 Å². The predicted octanol–water partition coefficient (Wildman–Crippen LogP) is -0.404. The standard InChI is InChI=1S/C5H5F3O6S.Mg.2H/c1-12-3(9)4(2-13-4)14-15(10,11)5(6,7)8;;;/h2H2,1H3;;;/q;+2;2*-1/t4-;;;/m0.../s1. The molecule has 0 aromatic rings. The summed E-state index contributed by atoms with van der Waals surface area (Å²) < 4.78 is 68.3. The van der Waals surface area contributed by atoms with E-state index in [4.69, 9.17) is 0 Å². The molecule has 0 aromatic heterocycles. The van der Waals surface area contributed by atoms with E-state index in [9.17, 15) is 26.4 Å². The van der Waals surface area contributed by atoms with Gasteiger partial charge in [-0.1, -0.05) is 0 Å². The molecule has 92 valence electrons. The number of carbonyl (C=O) groups is 1. The van der Waals surface area contributed by atoms with Crippen LogP contribution in [0.2, 0.25) is 0 Å². The third-order valence-electron chi connectivity index (χ3n) is 1.43. The smallest absolute Gasteiger partial charge is 1.00 e. The first-order valence-corrected chi connectivity index (χ1v) is 4.80. The predicted molar refractivity (Wildman–Crippen MR) is 44.7 cm³/mol. The Morgan fingerprint density at radius 3 is 2.19 bits per heavy atom. The molecule has 0 radical (unpaired) electrons. The molecule has 1 aliphatic rings. The number of methoxy groups -OCH3 is 1. The van der Waals surface area contributed by atoms with Crippen LogP contribution in [0.5, 0.6) is 0 Å². The zero-order valence-electron chi connectivity index (χ0n) is 9.91. The zero-order valence-corrected chi connectivity index (χ0v) is 10.1. The fourth-order valence-electron chi connectivity index (χ4n) is 0.645. The van der Waals surface area contributed by atoms with Crippen molar-refractivity contribution in [1.29, 1.82) is 0 Å². The third kappa shape index (κ3) is 2.97. The summed E-state index contributed by atoms with van der Waals surface area (Å²) in [5.41, 5.74) is -5.61. The van der Waals surface area contributed by atoms with Gasteiger partial charge in [0.1, 0.15) is 6.61 Å². The Balaban J connectivity index is -0.000000750. The second-order valence-corrected chi connectivity index (χ2v) is 4.05. The maximum Gasteiger partial charge on any atom is 2.00 e. The second-order valence-electron chi connectivity index (χ2n) is 2.52. The summed E-state index contributed by atoms with van der Waals surface area (Å²) in [5, 5.41) is 0. The maximum absolute atomic E-state index is 11.8. The van der Waals surface area contributed by atoms with E-state index in [0.717, 1.165) is 7.11 Å². The van der Waals surface area contributed by atoms with Crippen molar-refractivity contribution < 1.29 is 42.9 Å². The van der Waals surface area contributed by atoms with Gasteiger partial charge in [0, 0.05) is 0 Å². The van der Waals surface area contributed by atoms with E-state index in [2.05, 4.69) is 13.7 Å². The van der Waals surface area contributed by atoms with Crippen molar-refractivity contribution in [3.63, 3.8) is 0 Å². The quantitative estimate of drug-likeness (QED) is 0.229. The summed E-state index contributed by atoms with van der Waals surface area (Å²) >= 11 is 0. The van der Waals surface area contributed by atoms with Crippen LogP contribution in [0.3, 0.4) is 0 Å². The van der Waals surface area contributed by atoms with E-state index in [1.54, 1.807) is 0 Å². The molecule has 1 saturated heterocycles. The summed E-state index contributed by atoms with van der Waals surface area (Å²) in [4.78, 5) is 10.8. The van der Waals surface area contributed by atoms with Crippen LogP contribution in [-0.4, -0.2) is 62.5 Å². The summed E-state index contributed by atoms with van der Waals surface area (Å²) in [6.07, 6.45) is 0. The van der Waals surface area contributed by atoms with Gasteiger partial charge in [0.15, 0.2) is 0 Å². The molecule has 0 aliphatic carbocycles. The number of hydrogen-bond donors (Lipinski definition) is 0. The number of hydrogen-bond acceptors (Lipinski definition) is 6. The van der Waals surface area contributed by atoms with E-state index in [1.165, 1.54) is 0 Å². The topological polar surface area (TPSA) is 82.2 Å². The van der Waals surface area contributed by atoms with Gasteiger partial charge >= 0.3 is 50.4 Å². The average molecular weight is 276 g/mol. The van der Waals surface area contributed by atoms with E-state index < -0.39 is 34.0 Å². The minimum Gasteiger partial charge on any atom is -1.00 e. The first-order valence-electron chi connectivity index (χ1n) is 3.39. The molecule has 0 amide bonds. The monoisotopic (exact) mass is 276 g/mol. The zero-order chi connectivity index (χ0) is 11.9. The Hall–Kier alpha value is -0.104. The number of rotatable bonds is 3. The summed E-state index contributed by atoms with van der Waals surface area (Å²) in [6.45, 7) is -0.602. The molecular weight excluding hydrogens is 269 g/mol. The van der Waals surface area contributed by atoms with Crippen LogP contribution in [0, 0.1) is 0 Å². The van der Waals surface area contributed by atoms with Gasteiger partial charge in [-0.3, -0.25) is 0 Å². The van der Waals surface area contributed by atoms with Crippen LogP contribution in [0.1, 0.15) is 2.85 Å². The van der Waals surface area contributed by atoms with Crippen molar-refractivity contribution in [2.24, 2.45) is 0 Å². The SMILES string of the molecule is COC(=O)[C@@]1(OS(=O)(=O)C(F)(F)F)CO1.[H-].[H-].[Mg+2]. The van der Waals surface area contributed by atoms with Crippen LogP contribution in [0.15, 0.2) is 0 Å². The molecule has 0 unspecified atom stereocenters. The van der Waals surface area contributed by atoms with Crippen molar-refractivity contribution in [2.75, 3.05) is 13.7 Å². The fourth-order valence-corrected chi connectivity index (χ4v) is 1.26. The van der Waals surface area contributed by atoms with Crippen LogP contribution in [0.25, 0.3) is 0 Å². The van der Waals surface area contributed by atoms with Gasteiger partial charge < -0.3 is 12.3 Å². The Bertz CT molecular complexity index is 381. The largest absolute Gasteiger partial charge is 2.00 e. The molecule has 1 aliphatic heterocycles. The minimum atomic E-state index is -5.87. The Labute approximate surface area is 107 Å². The molecule has 0 aromatic carbocycles. The van der Waals surface area contributed by atoms with Crippen molar-refractivity contribution in [3.05, 3.63) is 0 Å². The Kier molecular flexibility index (Phi) is 4.61. The Morgan fingerprint density at radius 1 is 1.50 bits per heavy atom. The molecule has 11 heteroatoms. The van der Waals surface area contributed by atoms with Gasteiger partial charge in [0.2, 0.25) is 0 Å². The van der Waals surface area contributed by atoms with Crippen molar-refractivity contribution in [1.82, 2.24) is 0 Å².